The zero-order chi connectivity index (χ0) is 28.8. The van der Waals surface area contributed by atoms with E-state index < -0.39 is 24.9 Å². The van der Waals surface area contributed by atoms with Gasteiger partial charge < -0.3 is 10.2 Å². The van der Waals surface area contributed by atoms with Crippen LogP contribution in [0, 0.1) is 0 Å². The summed E-state index contributed by atoms with van der Waals surface area (Å²) in [4.78, 5) is 0.0869. The van der Waals surface area contributed by atoms with Gasteiger partial charge in [-0.1, -0.05) is 86.8 Å². The van der Waals surface area contributed by atoms with Crippen LogP contribution in [-0.4, -0.2) is 38.1 Å². The summed E-state index contributed by atoms with van der Waals surface area (Å²) >= 11 is 0. The van der Waals surface area contributed by atoms with Crippen LogP contribution in [0.1, 0.15) is 39.0 Å². The normalized spacial score (nSPS) is 12.7. The molecule has 0 aromatic heterocycles. The summed E-state index contributed by atoms with van der Waals surface area (Å²) in [6.45, 7) is 2.02. The summed E-state index contributed by atoms with van der Waals surface area (Å²) in [7, 11) is -7.76. The van der Waals surface area contributed by atoms with Crippen molar-refractivity contribution in [3.8, 4) is 33.8 Å². The first-order chi connectivity index (χ1) is 19.1. The van der Waals surface area contributed by atoms with Gasteiger partial charge >= 0.3 is 0 Å². The van der Waals surface area contributed by atoms with E-state index in [1.165, 1.54) is 36.4 Å². The molecule has 0 aliphatic rings. The number of phenolic OH excluding ortho intramolecular Hbond substituents is 2. The Morgan fingerprint density at radius 1 is 0.625 bits per heavy atom. The van der Waals surface area contributed by atoms with Crippen LogP contribution in [0.15, 0.2) is 107 Å². The highest BCUT2D eigenvalue weighted by Crippen LogP contribution is 2.35. The molecule has 8 heteroatoms. The lowest BCUT2D eigenvalue weighted by Gasteiger charge is -2.19. The average Bonchev–Trinajstić information content (AvgIpc) is 2.96. The minimum atomic E-state index is -3.91. The number of benzene rings is 4. The third-order valence-electron chi connectivity index (χ3n) is 7.07. The standard InChI is InChI=1S/C32H34O6S2/c1-2-3-6-15-26(40(37,38)28-17-19-32(34)30(23-28)25-13-9-5-10-14-25)20-21-39(35,36)27-16-18-31(33)29(22-27)24-11-7-4-8-12-24/h4-5,7-14,16-19,22-23,26,33-34H,2-3,6,15,20-21H2,1H3. The van der Waals surface area contributed by atoms with Crippen LogP contribution in [0.2, 0.25) is 0 Å². The van der Waals surface area contributed by atoms with Crippen molar-refractivity contribution < 1.29 is 27.0 Å². The van der Waals surface area contributed by atoms with Crippen LogP contribution in [0.5, 0.6) is 11.5 Å². The zero-order valence-electron chi connectivity index (χ0n) is 22.4. The first kappa shape index (κ1) is 29.4. The summed E-state index contributed by atoms with van der Waals surface area (Å²) < 4.78 is 54.5. The molecule has 40 heavy (non-hydrogen) atoms. The number of sulfone groups is 2. The Kier molecular flexibility index (Phi) is 9.32. The quantitative estimate of drug-likeness (QED) is 0.175. The summed E-state index contributed by atoms with van der Waals surface area (Å²) in [5, 5.41) is 19.9. The maximum atomic E-state index is 13.8. The minimum absolute atomic E-state index is 0.0307. The van der Waals surface area contributed by atoms with Gasteiger partial charge in [0, 0.05) is 11.1 Å². The van der Waals surface area contributed by atoms with Gasteiger partial charge in [0.05, 0.1) is 20.8 Å². The fraction of sp³-hybridized carbons (Fsp3) is 0.250. The number of rotatable bonds is 12. The number of phenols is 2. The van der Waals surface area contributed by atoms with E-state index in [0.717, 1.165) is 12.8 Å². The monoisotopic (exact) mass is 578 g/mol. The van der Waals surface area contributed by atoms with Crippen molar-refractivity contribution in [3.63, 3.8) is 0 Å². The SMILES string of the molecule is CCCCCC(CCS(=O)(=O)c1ccc(O)c(-c2ccccc2)c1)S(=O)(=O)c1ccc(O)c(-c2ccccc2)c1. The molecule has 2 N–H and O–H groups in total. The molecule has 1 atom stereocenters. The second-order valence-corrected chi connectivity index (χ2v) is 14.2. The van der Waals surface area contributed by atoms with Crippen LogP contribution < -0.4 is 0 Å². The number of unbranched alkanes of at least 4 members (excludes halogenated alkanes) is 2. The van der Waals surface area contributed by atoms with Crippen LogP contribution in [0.3, 0.4) is 0 Å². The van der Waals surface area contributed by atoms with Gasteiger partial charge in [0.2, 0.25) is 0 Å². The summed E-state index contributed by atoms with van der Waals surface area (Å²) in [5.41, 5.74) is 2.16. The Labute approximate surface area is 236 Å². The average molecular weight is 579 g/mol. The van der Waals surface area contributed by atoms with E-state index in [-0.39, 0.29) is 33.5 Å². The molecule has 4 aromatic carbocycles. The molecule has 0 bridgehead atoms. The first-order valence-electron chi connectivity index (χ1n) is 13.4. The van der Waals surface area contributed by atoms with Gasteiger partial charge in [0.15, 0.2) is 19.7 Å². The highest BCUT2D eigenvalue weighted by atomic mass is 32.2. The summed E-state index contributed by atoms with van der Waals surface area (Å²) in [6.07, 6.45) is 2.65. The topological polar surface area (TPSA) is 109 Å². The predicted octanol–water partition coefficient (Wildman–Crippen LogP) is 7.02. The van der Waals surface area contributed by atoms with Crippen LogP contribution >= 0.6 is 0 Å². The summed E-state index contributed by atoms with van der Waals surface area (Å²) in [5.74, 6) is -0.422. The lowest BCUT2D eigenvalue weighted by atomic mass is 10.1. The molecule has 1 unspecified atom stereocenters. The van der Waals surface area contributed by atoms with E-state index in [1.54, 1.807) is 48.5 Å². The van der Waals surface area contributed by atoms with Crippen molar-refractivity contribution in [1.29, 1.82) is 0 Å². The van der Waals surface area contributed by atoms with Crippen molar-refractivity contribution in [2.24, 2.45) is 0 Å². The van der Waals surface area contributed by atoms with Gasteiger partial charge in [0.25, 0.3) is 0 Å². The number of hydrogen-bond acceptors (Lipinski definition) is 6. The summed E-state index contributed by atoms with van der Waals surface area (Å²) in [6, 6.07) is 26.4. The molecule has 4 aromatic rings. The van der Waals surface area contributed by atoms with Gasteiger partial charge in [-0.3, -0.25) is 0 Å². The highest BCUT2D eigenvalue weighted by Gasteiger charge is 2.30. The van der Waals surface area contributed by atoms with Gasteiger partial charge in [-0.05, 0) is 60.4 Å². The van der Waals surface area contributed by atoms with E-state index in [1.807, 2.05) is 19.1 Å². The smallest absolute Gasteiger partial charge is 0.181 e. The van der Waals surface area contributed by atoms with Gasteiger partial charge in [-0.2, -0.15) is 0 Å². The van der Waals surface area contributed by atoms with Crippen molar-refractivity contribution in [3.05, 3.63) is 97.1 Å². The molecule has 4 rings (SSSR count). The maximum Gasteiger partial charge on any atom is 0.181 e. The fourth-order valence-corrected chi connectivity index (χ4v) is 8.15. The van der Waals surface area contributed by atoms with Crippen molar-refractivity contribution in [2.75, 3.05) is 5.75 Å². The van der Waals surface area contributed by atoms with E-state index in [9.17, 15) is 27.0 Å². The Morgan fingerprint density at radius 2 is 1.12 bits per heavy atom. The lowest BCUT2D eigenvalue weighted by Crippen LogP contribution is -2.25. The minimum Gasteiger partial charge on any atom is -0.507 e. The van der Waals surface area contributed by atoms with E-state index in [0.29, 0.717) is 35.1 Å². The van der Waals surface area contributed by atoms with Crippen molar-refractivity contribution >= 4 is 19.7 Å². The Hall–Kier alpha value is -3.62. The molecular weight excluding hydrogens is 544 g/mol. The second kappa shape index (κ2) is 12.7. The van der Waals surface area contributed by atoms with Crippen LogP contribution in [0.25, 0.3) is 22.3 Å². The lowest BCUT2D eigenvalue weighted by molar-refractivity contribution is 0.476. The van der Waals surface area contributed by atoms with Crippen molar-refractivity contribution in [1.82, 2.24) is 0 Å². The third kappa shape index (κ3) is 6.74. The van der Waals surface area contributed by atoms with Gasteiger partial charge in [0.1, 0.15) is 11.5 Å². The molecule has 0 spiro atoms. The Balaban J connectivity index is 1.63. The molecule has 0 amide bonds. The Bertz CT molecular complexity index is 1650. The van der Waals surface area contributed by atoms with E-state index >= 15 is 0 Å². The first-order valence-corrected chi connectivity index (χ1v) is 16.6. The molecule has 0 fully saturated rings. The fourth-order valence-electron chi connectivity index (χ4n) is 4.77. The van der Waals surface area contributed by atoms with E-state index in [2.05, 4.69) is 0 Å². The number of hydrogen-bond donors (Lipinski definition) is 2. The molecule has 6 nitrogen and oxygen atoms in total. The van der Waals surface area contributed by atoms with E-state index in [4.69, 9.17) is 0 Å². The molecule has 0 saturated carbocycles. The largest absolute Gasteiger partial charge is 0.507 e. The van der Waals surface area contributed by atoms with Crippen LogP contribution in [0.4, 0.5) is 0 Å². The highest BCUT2D eigenvalue weighted by molar-refractivity contribution is 7.92. The van der Waals surface area contributed by atoms with Gasteiger partial charge in [-0.15, -0.1) is 0 Å². The molecule has 0 aliphatic heterocycles. The third-order valence-corrected chi connectivity index (χ3v) is 11.1. The molecular formula is C32H34O6S2. The molecule has 0 aliphatic carbocycles. The molecule has 0 heterocycles. The van der Waals surface area contributed by atoms with Crippen LogP contribution in [-0.2, 0) is 19.7 Å². The molecule has 0 radical (unpaired) electrons. The Morgan fingerprint density at radius 3 is 1.65 bits per heavy atom. The predicted molar refractivity (Wildman–Crippen MR) is 159 cm³/mol. The van der Waals surface area contributed by atoms with Gasteiger partial charge in [-0.25, -0.2) is 16.8 Å². The number of aromatic hydroxyl groups is 2. The molecule has 0 saturated heterocycles. The molecule has 210 valence electrons. The maximum absolute atomic E-state index is 13.8. The van der Waals surface area contributed by atoms with Crippen molar-refractivity contribution in [2.45, 2.75) is 54.1 Å². The zero-order valence-corrected chi connectivity index (χ0v) is 24.0. The second-order valence-electron chi connectivity index (χ2n) is 9.86.